The van der Waals surface area contributed by atoms with Crippen LogP contribution in [-0.2, 0) is 0 Å². The topological polar surface area (TPSA) is 69.6 Å². The third-order valence-electron chi connectivity index (χ3n) is 3.37. The Hall–Kier alpha value is -2.37. The molecule has 19 heavy (non-hydrogen) atoms. The van der Waals surface area contributed by atoms with Crippen LogP contribution in [0.2, 0.25) is 0 Å². The third-order valence-corrected chi connectivity index (χ3v) is 3.37. The predicted molar refractivity (Wildman–Crippen MR) is 71.3 cm³/mol. The zero-order valence-electron chi connectivity index (χ0n) is 10.4. The maximum atomic E-state index is 10.9. The number of rotatable bonds is 1. The van der Waals surface area contributed by atoms with Crippen molar-refractivity contribution in [2.24, 2.45) is 0 Å². The number of carbonyl (C=O) groups is 1. The van der Waals surface area contributed by atoms with Gasteiger partial charge in [-0.25, -0.2) is 4.79 Å². The summed E-state index contributed by atoms with van der Waals surface area (Å²) < 4.78 is 0. The van der Waals surface area contributed by atoms with Crippen LogP contribution < -0.4 is 4.90 Å². The first-order valence-corrected chi connectivity index (χ1v) is 6.18. The van der Waals surface area contributed by atoms with Crippen molar-refractivity contribution in [2.45, 2.75) is 0 Å². The first-order chi connectivity index (χ1) is 9.25. The molecule has 1 aromatic carbocycles. The van der Waals surface area contributed by atoms with Gasteiger partial charge in [-0.1, -0.05) is 6.07 Å². The van der Waals surface area contributed by atoms with Gasteiger partial charge in [0.05, 0.1) is 11.2 Å². The highest BCUT2D eigenvalue weighted by atomic mass is 16.4. The summed E-state index contributed by atoms with van der Waals surface area (Å²) in [5.74, 6) is 0. The van der Waals surface area contributed by atoms with Crippen LogP contribution in [0.5, 0.6) is 0 Å². The largest absolute Gasteiger partial charge is 0.465 e. The van der Waals surface area contributed by atoms with Crippen LogP contribution in [0, 0.1) is 0 Å². The molecule has 1 saturated heterocycles. The van der Waals surface area contributed by atoms with Crippen LogP contribution in [0.25, 0.3) is 11.0 Å². The Morgan fingerprint density at radius 2 is 1.84 bits per heavy atom. The lowest BCUT2D eigenvalue weighted by Crippen LogP contribution is -2.48. The van der Waals surface area contributed by atoms with Gasteiger partial charge in [0.2, 0.25) is 0 Å². The molecule has 0 spiro atoms. The summed E-state index contributed by atoms with van der Waals surface area (Å²) in [4.78, 5) is 23.2. The van der Waals surface area contributed by atoms with Crippen LogP contribution in [0.15, 0.2) is 30.6 Å². The molecule has 0 bridgehead atoms. The summed E-state index contributed by atoms with van der Waals surface area (Å²) in [6.07, 6.45) is 2.51. The van der Waals surface area contributed by atoms with E-state index in [9.17, 15) is 4.79 Å². The third kappa shape index (κ3) is 2.16. The fourth-order valence-electron chi connectivity index (χ4n) is 2.37. The maximum Gasteiger partial charge on any atom is 0.407 e. The van der Waals surface area contributed by atoms with Crippen molar-refractivity contribution in [3.8, 4) is 0 Å². The molecule has 3 rings (SSSR count). The number of hydrogen-bond donors (Lipinski definition) is 1. The summed E-state index contributed by atoms with van der Waals surface area (Å²) >= 11 is 0. The molecule has 0 saturated carbocycles. The lowest BCUT2D eigenvalue weighted by Gasteiger charge is -2.34. The van der Waals surface area contributed by atoms with Gasteiger partial charge in [0.15, 0.2) is 0 Å². The second kappa shape index (κ2) is 4.72. The van der Waals surface area contributed by atoms with E-state index in [0.29, 0.717) is 26.2 Å². The van der Waals surface area contributed by atoms with E-state index in [1.165, 1.54) is 4.90 Å². The van der Waals surface area contributed by atoms with E-state index in [1.807, 2.05) is 18.2 Å². The maximum absolute atomic E-state index is 10.9. The van der Waals surface area contributed by atoms with E-state index in [2.05, 4.69) is 14.9 Å². The van der Waals surface area contributed by atoms with Gasteiger partial charge in [0.25, 0.3) is 0 Å². The molecule has 6 nitrogen and oxygen atoms in total. The van der Waals surface area contributed by atoms with Crippen LogP contribution in [0.4, 0.5) is 10.5 Å². The minimum atomic E-state index is -0.850. The SMILES string of the molecule is O=C(O)N1CCN(c2cccc3nccnc23)CC1. The summed E-state index contributed by atoms with van der Waals surface area (Å²) in [6.45, 7) is 2.40. The van der Waals surface area contributed by atoms with Gasteiger partial charge >= 0.3 is 6.09 Å². The van der Waals surface area contributed by atoms with Crippen LogP contribution >= 0.6 is 0 Å². The molecule has 2 heterocycles. The molecule has 1 fully saturated rings. The first kappa shape index (κ1) is 11.7. The van der Waals surface area contributed by atoms with Crippen molar-refractivity contribution in [3.63, 3.8) is 0 Å². The summed E-state index contributed by atoms with van der Waals surface area (Å²) in [6, 6.07) is 5.89. The number of para-hydroxylation sites is 1. The molecule has 0 atom stereocenters. The van der Waals surface area contributed by atoms with Crippen LogP contribution in [-0.4, -0.2) is 52.2 Å². The highest BCUT2D eigenvalue weighted by Crippen LogP contribution is 2.24. The van der Waals surface area contributed by atoms with E-state index in [0.717, 1.165) is 16.7 Å². The Kier molecular flexibility index (Phi) is 2.91. The van der Waals surface area contributed by atoms with Crippen molar-refractivity contribution in [1.29, 1.82) is 0 Å². The average molecular weight is 258 g/mol. The first-order valence-electron chi connectivity index (χ1n) is 6.18. The standard InChI is InChI=1S/C13H14N4O2/c18-13(19)17-8-6-16(7-9-17)11-3-1-2-10-12(11)15-5-4-14-10/h1-5H,6-9H2,(H,18,19). The lowest BCUT2D eigenvalue weighted by atomic mass is 10.2. The molecule has 0 unspecified atom stereocenters. The van der Waals surface area contributed by atoms with E-state index in [-0.39, 0.29) is 0 Å². The van der Waals surface area contributed by atoms with Crippen molar-refractivity contribution in [1.82, 2.24) is 14.9 Å². The molecule has 1 aliphatic rings. The molecular formula is C13H14N4O2. The molecule has 0 aliphatic carbocycles. The van der Waals surface area contributed by atoms with Gasteiger partial charge in [-0.2, -0.15) is 0 Å². The van der Waals surface area contributed by atoms with Gasteiger partial charge in [-0.15, -0.1) is 0 Å². The van der Waals surface area contributed by atoms with Gasteiger partial charge in [0.1, 0.15) is 5.52 Å². The second-order valence-corrected chi connectivity index (χ2v) is 4.46. The molecule has 1 aliphatic heterocycles. The van der Waals surface area contributed by atoms with E-state index in [1.54, 1.807) is 12.4 Å². The Labute approximate surface area is 110 Å². The van der Waals surface area contributed by atoms with Crippen molar-refractivity contribution in [2.75, 3.05) is 31.1 Å². The van der Waals surface area contributed by atoms with Crippen molar-refractivity contribution >= 4 is 22.8 Å². The number of nitrogens with zero attached hydrogens (tertiary/aromatic N) is 4. The zero-order chi connectivity index (χ0) is 13.2. The molecule has 2 aromatic rings. The minimum absolute atomic E-state index is 0.520. The number of carboxylic acid groups (broad SMARTS) is 1. The number of aromatic nitrogens is 2. The summed E-state index contributed by atoms with van der Waals surface area (Å²) in [5, 5.41) is 8.95. The predicted octanol–water partition coefficient (Wildman–Crippen LogP) is 1.43. The van der Waals surface area contributed by atoms with Gasteiger partial charge in [0, 0.05) is 38.6 Å². The molecule has 6 heteroatoms. The monoisotopic (exact) mass is 258 g/mol. The smallest absolute Gasteiger partial charge is 0.407 e. The number of fused-ring (bicyclic) bond motifs is 1. The molecule has 0 radical (unpaired) electrons. The number of piperazine rings is 1. The highest BCUT2D eigenvalue weighted by Gasteiger charge is 2.21. The second-order valence-electron chi connectivity index (χ2n) is 4.46. The number of amides is 1. The highest BCUT2D eigenvalue weighted by molar-refractivity contribution is 5.88. The molecule has 98 valence electrons. The van der Waals surface area contributed by atoms with Gasteiger partial charge in [-0.3, -0.25) is 9.97 Å². The Morgan fingerprint density at radius 1 is 1.11 bits per heavy atom. The Morgan fingerprint density at radius 3 is 2.58 bits per heavy atom. The van der Waals surface area contributed by atoms with E-state index < -0.39 is 6.09 Å². The zero-order valence-corrected chi connectivity index (χ0v) is 10.4. The van der Waals surface area contributed by atoms with Crippen molar-refractivity contribution in [3.05, 3.63) is 30.6 Å². The Balaban J connectivity index is 1.88. The number of benzene rings is 1. The normalized spacial score (nSPS) is 15.8. The molecule has 1 amide bonds. The average Bonchev–Trinajstić information content (AvgIpc) is 2.47. The van der Waals surface area contributed by atoms with Gasteiger partial charge < -0.3 is 14.9 Å². The minimum Gasteiger partial charge on any atom is -0.465 e. The molecule has 1 aromatic heterocycles. The fourth-order valence-corrected chi connectivity index (χ4v) is 2.37. The molecular weight excluding hydrogens is 244 g/mol. The number of anilines is 1. The summed E-state index contributed by atoms with van der Waals surface area (Å²) in [7, 11) is 0. The summed E-state index contributed by atoms with van der Waals surface area (Å²) in [5.41, 5.74) is 2.75. The molecule has 1 N–H and O–H groups in total. The van der Waals surface area contributed by atoms with Gasteiger partial charge in [-0.05, 0) is 12.1 Å². The van der Waals surface area contributed by atoms with Crippen molar-refractivity contribution < 1.29 is 9.90 Å². The fraction of sp³-hybridized carbons (Fsp3) is 0.308. The Bertz CT molecular complexity index is 603. The van der Waals surface area contributed by atoms with Crippen LogP contribution in [0.1, 0.15) is 0 Å². The van der Waals surface area contributed by atoms with Crippen LogP contribution in [0.3, 0.4) is 0 Å². The van der Waals surface area contributed by atoms with E-state index in [4.69, 9.17) is 5.11 Å². The number of hydrogen-bond acceptors (Lipinski definition) is 4. The van der Waals surface area contributed by atoms with E-state index >= 15 is 0 Å². The quantitative estimate of drug-likeness (QED) is 0.838. The lowest BCUT2D eigenvalue weighted by molar-refractivity contribution is 0.142.